The third kappa shape index (κ3) is 5.40. The Kier molecular flexibility index (Phi) is 7.34. The summed E-state index contributed by atoms with van der Waals surface area (Å²) in [6.07, 6.45) is 7.38. The van der Waals surface area contributed by atoms with Gasteiger partial charge in [-0.25, -0.2) is 0 Å². The Bertz CT molecular complexity index is 895. The number of nitriles is 1. The van der Waals surface area contributed by atoms with E-state index in [1.807, 2.05) is 16.7 Å². The first kappa shape index (κ1) is 21.4. The van der Waals surface area contributed by atoms with Gasteiger partial charge in [-0.05, 0) is 37.1 Å². The number of amides is 1. The van der Waals surface area contributed by atoms with Gasteiger partial charge in [0.1, 0.15) is 5.54 Å². The normalized spacial score (nSPS) is 15.9. The second kappa shape index (κ2) is 9.95. The minimum Gasteiger partial charge on any atom is -0.337 e. The molecule has 1 N–H and O–H groups in total. The first-order valence-corrected chi connectivity index (χ1v) is 11.1. The van der Waals surface area contributed by atoms with E-state index in [1.165, 1.54) is 11.8 Å². The molecule has 1 fully saturated rings. The lowest BCUT2D eigenvalue weighted by Crippen LogP contribution is -2.47. The van der Waals surface area contributed by atoms with Gasteiger partial charge in [0, 0.05) is 17.1 Å². The average molecular weight is 430 g/mol. The maximum absolute atomic E-state index is 12.6. The van der Waals surface area contributed by atoms with Crippen LogP contribution in [0.15, 0.2) is 42.1 Å². The number of benzene rings is 1. The Morgan fingerprint density at radius 2 is 1.97 bits per heavy atom. The van der Waals surface area contributed by atoms with E-state index in [1.54, 1.807) is 18.2 Å². The number of carbonyl (C=O) groups is 1. The van der Waals surface area contributed by atoms with Gasteiger partial charge in [0.25, 0.3) is 0 Å². The molecule has 1 aromatic carbocycles. The molecule has 0 bridgehead atoms. The van der Waals surface area contributed by atoms with Crippen LogP contribution < -0.4 is 5.32 Å². The van der Waals surface area contributed by atoms with Crippen molar-refractivity contribution in [2.24, 2.45) is 0 Å². The van der Waals surface area contributed by atoms with Crippen molar-refractivity contribution in [3.63, 3.8) is 0 Å². The highest BCUT2D eigenvalue weighted by Crippen LogP contribution is 2.28. The Labute approximate surface area is 180 Å². The third-order valence-corrected chi connectivity index (χ3v) is 6.23. The average Bonchev–Trinajstić information content (AvgIpc) is 2.97. The van der Waals surface area contributed by atoms with Crippen molar-refractivity contribution in [1.82, 2.24) is 20.1 Å². The number of nitrogens with one attached hydrogen (secondary N) is 1. The standard InChI is InChI=1S/C21H24ClN5OS/c1-2-13-27-19(16-7-9-17(22)10-8-16)25-26-20(27)29-14-18(28)24-21(15-23)11-5-3-4-6-12-21/h2,7-10H,1,3-6,11-14H2,(H,24,28). The van der Waals surface area contributed by atoms with Gasteiger partial charge in [0.15, 0.2) is 11.0 Å². The molecule has 6 nitrogen and oxygen atoms in total. The SMILES string of the molecule is C=CCn1c(SCC(=O)NC2(C#N)CCCCCC2)nnc1-c1ccc(Cl)cc1. The maximum Gasteiger partial charge on any atom is 0.231 e. The second-order valence-electron chi connectivity index (χ2n) is 7.16. The van der Waals surface area contributed by atoms with Crippen molar-refractivity contribution in [3.05, 3.63) is 41.9 Å². The van der Waals surface area contributed by atoms with Gasteiger partial charge in [0.05, 0.1) is 11.8 Å². The summed E-state index contributed by atoms with van der Waals surface area (Å²) in [6.45, 7) is 4.33. The van der Waals surface area contributed by atoms with Gasteiger partial charge < -0.3 is 5.32 Å². The van der Waals surface area contributed by atoms with Crippen LogP contribution in [0.1, 0.15) is 38.5 Å². The molecule has 0 aliphatic heterocycles. The van der Waals surface area contributed by atoms with Crippen LogP contribution in [0, 0.1) is 11.3 Å². The van der Waals surface area contributed by atoms with Crippen molar-refractivity contribution in [2.45, 2.75) is 55.8 Å². The number of aromatic nitrogens is 3. The van der Waals surface area contributed by atoms with Crippen LogP contribution in [0.5, 0.6) is 0 Å². The summed E-state index contributed by atoms with van der Waals surface area (Å²) in [7, 11) is 0. The summed E-state index contributed by atoms with van der Waals surface area (Å²) < 4.78 is 1.92. The van der Waals surface area contributed by atoms with Gasteiger partial charge >= 0.3 is 0 Å². The molecule has 0 unspecified atom stereocenters. The van der Waals surface area contributed by atoms with E-state index < -0.39 is 5.54 Å². The molecule has 1 aliphatic carbocycles. The monoisotopic (exact) mass is 429 g/mol. The first-order valence-electron chi connectivity index (χ1n) is 9.72. The fourth-order valence-corrected chi connectivity index (χ4v) is 4.41. The number of carbonyl (C=O) groups excluding carboxylic acids is 1. The molecular formula is C21H24ClN5OS. The first-order chi connectivity index (χ1) is 14.1. The molecule has 3 rings (SSSR count). The van der Waals surface area contributed by atoms with E-state index in [0.29, 0.717) is 35.4 Å². The molecule has 0 saturated heterocycles. The summed E-state index contributed by atoms with van der Waals surface area (Å²) >= 11 is 7.28. The number of nitrogens with zero attached hydrogens (tertiary/aromatic N) is 4. The Morgan fingerprint density at radius 3 is 2.59 bits per heavy atom. The van der Waals surface area contributed by atoms with E-state index in [0.717, 1.165) is 31.2 Å². The number of allylic oxidation sites excluding steroid dienone is 1. The minimum absolute atomic E-state index is 0.153. The fourth-order valence-electron chi connectivity index (χ4n) is 3.53. The largest absolute Gasteiger partial charge is 0.337 e. The molecule has 2 aromatic rings. The lowest BCUT2D eigenvalue weighted by molar-refractivity contribution is -0.120. The summed E-state index contributed by atoms with van der Waals surface area (Å²) in [5.74, 6) is 0.723. The molecule has 0 spiro atoms. The third-order valence-electron chi connectivity index (χ3n) is 5.01. The quantitative estimate of drug-likeness (QED) is 0.394. The smallest absolute Gasteiger partial charge is 0.231 e. The number of rotatable bonds is 7. The zero-order valence-electron chi connectivity index (χ0n) is 16.2. The Balaban J connectivity index is 1.70. The molecule has 152 valence electrons. The van der Waals surface area contributed by atoms with Gasteiger partial charge in [-0.1, -0.05) is 55.1 Å². The van der Waals surface area contributed by atoms with E-state index in [-0.39, 0.29) is 11.7 Å². The van der Waals surface area contributed by atoms with Crippen molar-refractivity contribution in [2.75, 3.05) is 5.75 Å². The van der Waals surface area contributed by atoms with Gasteiger partial charge in [-0.15, -0.1) is 16.8 Å². The van der Waals surface area contributed by atoms with E-state index in [4.69, 9.17) is 11.6 Å². The Hall–Kier alpha value is -2.30. The lowest BCUT2D eigenvalue weighted by Gasteiger charge is -2.26. The van der Waals surface area contributed by atoms with Crippen LogP contribution in [0.4, 0.5) is 0 Å². The zero-order valence-corrected chi connectivity index (χ0v) is 17.8. The molecule has 0 atom stereocenters. The van der Waals surface area contributed by atoms with Crippen LogP contribution in [0.2, 0.25) is 5.02 Å². The summed E-state index contributed by atoms with van der Waals surface area (Å²) in [5, 5.41) is 22.5. The number of hydrogen-bond acceptors (Lipinski definition) is 5. The molecule has 1 saturated carbocycles. The fraction of sp³-hybridized carbons (Fsp3) is 0.429. The Morgan fingerprint density at radius 1 is 1.28 bits per heavy atom. The molecular weight excluding hydrogens is 406 g/mol. The number of hydrogen-bond donors (Lipinski definition) is 1. The van der Waals surface area contributed by atoms with Crippen LogP contribution >= 0.6 is 23.4 Å². The zero-order chi connectivity index (χ0) is 20.7. The maximum atomic E-state index is 12.6. The molecule has 1 aliphatic rings. The summed E-state index contributed by atoms with van der Waals surface area (Å²) in [4.78, 5) is 12.6. The number of halogens is 1. The van der Waals surface area contributed by atoms with E-state index in [9.17, 15) is 10.1 Å². The number of thioether (sulfide) groups is 1. The van der Waals surface area contributed by atoms with Crippen LogP contribution in [0.25, 0.3) is 11.4 Å². The predicted octanol–water partition coefficient (Wildman–Crippen LogP) is 4.61. The molecule has 8 heteroatoms. The lowest BCUT2D eigenvalue weighted by atomic mass is 9.92. The van der Waals surface area contributed by atoms with Crippen LogP contribution in [-0.2, 0) is 11.3 Å². The predicted molar refractivity (Wildman–Crippen MR) is 116 cm³/mol. The van der Waals surface area contributed by atoms with Crippen molar-refractivity contribution in [3.8, 4) is 17.5 Å². The molecule has 0 radical (unpaired) electrons. The second-order valence-corrected chi connectivity index (χ2v) is 8.54. The van der Waals surface area contributed by atoms with Crippen molar-refractivity contribution >= 4 is 29.3 Å². The highest BCUT2D eigenvalue weighted by molar-refractivity contribution is 7.99. The van der Waals surface area contributed by atoms with E-state index in [2.05, 4.69) is 28.2 Å². The van der Waals surface area contributed by atoms with Crippen molar-refractivity contribution in [1.29, 1.82) is 5.26 Å². The van der Waals surface area contributed by atoms with Crippen LogP contribution in [0.3, 0.4) is 0 Å². The van der Waals surface area contributed by atoms with Crippen molar-refractivity contribution < 1.29 is 4.79 Å². The highest BCUT2D eigenvalue weighted by atomic mass is 35.5. The highest BCUT2D eigenvalue weighted by Gasteiger charge is 2.32. The molecule has 1 aromatic heterocycles. The van der Waals surface area contributed by atoms with E-state index >= 15 is 0 Å². The van der Waals surface area contributed by atoms with Gasteiger partial charge in [0.2, 0.25) is 5.91 Å². The molecule has 1 amide bonds. The van der Waals surface area contributed by atoms with Gasteiger partial charge in [-0.2, -0.15) is 5.26 Å². The molecule has 1 heterocycles. The summed E-state index contributed by atoms with van der Waals surface area (Å²) in [6, 6.07) is 9.73. The minimum atomic E-state index is -0.739. The molecule has 29 heavy (non-hydrogen) atoms. The van der Waals surface area contributed by atoms with Crippen LogP contribution in [-0.4, -0.2) is 32.0 Å². The topological polar surface area (TPSA) is 83.6 Å². The van der Waals surface area contributed by atoms with Gasteiger partial charge in [-0.3, -0.25) is 9.36 Å². The summed E-state index contributed by atoms with van der Waals surface area (Å²) in [5.41, 5.74) is 0.152.